The van der Waals surface area contributed by atoms with Gasteiger partial charge in [0.1, 0.15) is 5.58 Å². The van der Waals surface area contributed by atoms with E-state index in [-0.39, 0.29) is 12.3 Å². The number of fused-ring (bicyclic) bond motifs is 1. The molecule has 3 rings (SSSR count). The lowest BCUT2D eigenvalue weighted by atomic mass is 10.1. The zero-order chi connectivity index (χ0) is 16.4. The van der Waals surface area contributed by atoms with Gasteiger partial charge in [-0.2, -0.15) is 0 Å². The van der Waals surface area contributed by atoms with Crippen LogP contribution in [0.1, 0.15) is 18.1 Å². The van der Waals surface area contributed by atoms with Gasteiger partial charge in [0.25, 0.3) is 0 Å². The molecule has 0 saturated carbocycles. The molecule has 3 aromatic rings. The third-order valence-corrected chi connectivity index (χ3v) is 4.38. The summed E-state index contributed by atoms with van der Waals surface area (Å²) >= 11 is 6.17. The van der Waals surface area contributed by atoms with Crippen LogP contribution in [-0.2, 0) is 17.6 Å². The number of carbonyl (C=O) groups is 1. The number of rotatable bonds is 4. The molecule has 118 valence electrons. The molecule has 23 heavy (non-hydrogen) atoms. The van der Waals surface area contributed by atoms with Crippen LogP contribution in [0.5, 0.6) is 0 Å². The molecule has 0 radical (unpaired) electrons. The maximum Gasteiger partial charge on any atom is 0.231 e. The minimum absolute atomic E-state index is 0.0253. The molecule has 0 aliphatic heterocycles. The fraction of sp³-hybridized carbons (Fsp3) is 0.211. The Labute approximate surface area is 140 Å². The van der Waals surface area contributed by atoms with Crippen molar-refractivity contribution in [3.63, 3.8) is 0 Å². The van der Waals surface area contributed by atoms with E-state index in [1.165, 1.54) is 5.56 Å². The van der Waals surface area contributed by atoms with E-state index in [9.17, 15) is 4.79 Å². The SMILES string of the molecule is CCc1ccc2occ(CC(=O)N(C)c3ccccc3Cl)c2c1. The molecule has 0 aliphatic carbocycles. The second-order valence-corrected chi connectivity index (χ2v) is 5.93. The second kappa shape index (κ2) is 6.47. The van der Waals surface area contributed by atoms with Crippen LogP contribution in [0.25, 0.3) is 11.0 Å². The Morgan fingerprint density at radius 2 is 2.00 bits per heavy atom. The summed E-state index contributed by atoms with van der Waals surface area (Å²) in [6, 6.07) is 13.4. The molecule has 0 aliphatic rings. The second-order valence-electron chi connectivity index (χ2n) is 5.53. The maximum atomic E-state index is 12.6. The first kappa shape index (κ1) is 15.6. The quantitative estimate of drug-likeness (QED) is 0.686. The first-order valence-electron chi connectivity index (χ1n) is 7.60. The van der Waals surface area contributed by atoms with Crippen molar-refractivity contribution in [3.8, 4) is 0 Å². The molecule has 1 aromatic heterocycles. The maximum absolute atomic E-state index is 12.6. The number of furan rings is 1. The molecule has 1 amide bonds. The fourth-order valence-electron chi connectivity index (χ4n) is 2.63. The third-order valence-electron chi connectivity index (χ3n) is 4.06. The number of likely N-dealkylation sites (N-methyl/N-ethyl adjacent to an activating group) is 1. The first-order valence-corrected chi connectivity index (χ1v) is 7.98. The Morgan fingerprint density at radius 3 is 2.74 bits per heavy atom. The van der Waals surface area contributed by atoms with Crippen LogP contribution in [0.2, 0.25) is 5.02 Å². The van der Waals surface area contributed by atoms with E-state index in [0.29, 0.717) is 10.7 Å². The minimum atomic E-state index is -0.0253. The van der Waals surface area contributed by atoms with Crippen molar-refractivity contribution in [2.75, 3.05) is 11.9 Å². The standard InChI is InChI=1S/C19H18ClNO2/c1-3-13-8-9-18-15(10-13)14(12-23-18)11-19(22)21(2)17-7-5-4-6-16(17)20/h4-10,12H,3,11H2,1-2H3. The van der Waals surface area contributed by atoms with Crippen molar-refractivity contribution in [3.05, 3.63) is 64.9 Å². The number of halogens is 1. The number of hydrogen-bond donors (Lipinski definition) is 0. The molecule has 1 heterocycles. The van der Waals surface area contributed by atoms with Crippen molar-refractivity contribution in [2.45, 2.75) is 19.8 Å². The van der Waals surface area contributed by atoms with Crippen LogP contribution in [0.4, 0.5) is 5.69 Å². The Hall–Kier alpha value is -2.26. The van der Waals surface area contributed by atoms with Crippen molar-refractivity contribution in [2.24, 2.45) is 0 Å². The van der Waals surface area contributed by atoms with Gasteiger partial charge < -0.3 is 9.32 Å². The number of hydrogen-bond acceptors (Lipinski definition) is 2. The Bertz CT molecular complexity index is 853. The Balaban J connectivity index is 1.87. The Kier molecular flexibility index (Phi) is 4.39. The van der Waals surface area contributed by atoms with Crippen LogP contribution >= 0.6 is 11.6 Å². The van der Waals surface area contributed by atoms with E-state index in [1.54, 1.807) is 24.3 Å². The van der Waals surface area contributed by atoms with E-state index in [4.69, 9.17) is 16.0 Å². The zero-order valence-electron chi connectivity index (χ0n) is 13.2. The van der Waals surface area contributed by atoms with Crippen molar-refractivity contribution in [1.29, 1.82) is 0 Å². The molecule has 2 aromatic carbocycles. The van der Waals surface area contributed by atoms with Crippen LogP contribution in [0, 0.1) is 0 Å². The van der Waals surface area contributed by atoms with Gasteiger partial charge in [0.15, 0.2) is 0 Å². The summed E-state index contributed by atoms with van der Waals surface area (Å²) in [7, 11) is 1.74. The fourth-order valence-corrected chi connectivity index (χ4v) is 2.89. The zero-order valence-corrected chi connectivity index (χ0v) is 13.9. The molecule has 0 fully saturated rings. The van der Waals surface area contributed by atoms with Crippen molar-refractivity contribution >= 4 is 34.2 Å². The summed E-state index contributed by atoms with van der Waals surface area (Å²) in [5.41, 5.74) is 3.65. The van der Waals surface area contributed by atoms with Gasteiger partial charge in [0.2, 0.25) is 5.91 Å². The first-order chi connectivity index (χ1) is 11.1. The summed E-state index contributed by atoms with van der Waals surface area (Å²) in [5, 5.41) is 1.57. The molecule has 0 saturated heterocycles. The lowest BCUT2D eigenvalue weighted by Crippen LogP contribution is -2.28. The van der Waals surface area contributed by atoms with E-state index in [2.05, 4.69) is 13.0 Å². The van der Waals surface area contributed by atoms with E-state index < -0.39 is 0 Å². The van der Waals surface area contributed by atoms with Gasteiger partial charge >= 0.3 is 0 Å². The molecule has 0 bridgehead atoms. The molecule has 0 N–H and O–H groups in total. The normalized spacial score (nSPS) is 10.9. The number of benzene rings is 2. The summed E-state index contributed by atoms with van der Waals surface area (Å²) in [6.45, 7) is 2.11. The highest BCUT2D eigenvalue weighted by Crippen LogP contribution is 2.27. The number of amides is 1. The van der Waals surface area contributed by atoms with Crippen molar-refractivity contribution in [1.82, 2.24) is 0 Å². The van der Waals surface area contributed by atoms with E-state index in [1.807, 2.05) is 30.3 Å². The van der Waals surface area contributed by atoms with Gasteiger partial charge in [-0.15, -0.1) is 0 Å². The lowest BCUT2D eigenvalue weighted by Gasteiger charge is -2.18. The van der Waals surface area contributed by atoms with Crippen LogP contribution in [0.15, 0.2) is 53.1 Å². The predicted octanol–water partition coefficient (Wildman–Crippen LogP) is 4.85. The average molecular weight is 328 g/mol. The highest BCUT2D eigenvalue weighted by Gasteiger charge is 2.17. The molecule has 0 spiro atoms. The molecule has 3 nitrogen and oxygen atoms in total. The summed E-state index contributed by atoms with van der Waals surface area (Å²) in [5.74, 6) is -0.0253. The highest BCUT2D eigenvalue weighted by atomic mass is 35.5. The number of nitrogens with zero attached hydrogens (tertiary/aromatic N) is 1. The van der Waals surface area contributed by atoms with Crippen LogP contribution in [-0.4, -0.2) is 13.0 Å². The molecular formula is C19H18ClNO2. The third kappa shape index (κ3) is 3.10. The molecule has 0 unspecified atom stereocenters. The number of anilines is 1. The van der Waals surface area contributed by atoms with E-state index >= 15 is 0 Å². The van der Waals surface area contributed by atoms with E-state index in [0.717, 1.165) is 23.0 Å². The number of aryl methyl sites for hydroxylation is 1. The smallest absolute Gasteiger partial charge is 0.231 e. The topological polar surface area (TPSA) is 33.5 Å². The monoisotopic (exact) mass is 327 g/mol. The van der Waals surface area contributed by atoms with Crippen LogP contribution < -0.4 is 4.90 Å². The van der Waals surface area contributed by atoms with Gasteiger partial charge in [-0.1, -0.05) is 36.7 Å². The summed E-state index contributed by atoms with van der Waals surface area (Å²) in [4.78, 5) is 14.2. The van der Waals surface area contributed by atoms with Gasteiger partial charge in [-0.25, -0.2) is 0 Å². The van der Waals surface area contributed by atoms with Gasteiger partial charge in [-0.3, -0.25) is 4.79 Å². The summed E-state index contributed by atoms with van der Waals surface area (Å²) in [6.07, 6.45) is 2.90. The number of carbonyl (C=O) groups excluding carboxylic acids is 1. The highest BCUT2D eigenvalue weighted by molar-refractivity contribution is 6.33. The molecule has 0 atom stereocenters. The van der Waals surface area contributed by atoms with Gasteiger partial charge in [0, 0.05) is 18.0 Å². The average Bonchev–Trinajstić information content (AvgIpc) is 2.96. The molecule has 4 heteroatoms. The lowest BCUT2D eigenvalue weighted by molar-refractivity contribution is -0.117. The largest absolute Gasteiger partial charge is 0.464 e. The predicted molar refractivity (Wildman–Crippen MR) is 94.2 cm³/mol. The minimum Gasteiger partial charge on any atom is -0.464 e. The van der Waals surface area contributed by atoms with Gasteiger partial charge in [-0.05, 0) is 36.2 Å². The summed E-state index contributed by atoms with van der Waals surface area (Å²) < 4.78 is 5.56. The van der Waals surface area contributed by atoms with Gasteiger partial charge in [0.05, 0.1) is 23.4 Å². The number of para-hydroxylation sites is 1. The van der Waals surface area contributed by atoms with Crippen LogP contribution in [0.3, 0.4) is 0 Å². The van der Waals surface area contributed by atoms with Crippen molar-refractivity contribution < 1.29 is 9.21 Å². The Morgan fingerprint density at radius 1 is 1.22 bits per heavy atom. The molecular weight excluding hydrogens is 310 g/mol.